The van der Waals surface area contributed by atoms with E-state index in [0.29, 0.717) is 0 Å². The highest BCUT2D eigenvalue weighted by molar-refractivity contribution is 9.10. The second-order valence-corrected chi connectivity index (χ2v) is 4.84. The van der Waals surface area contributed by atoms with Crippen LogP contribution >= 0.6 is 15.9 Å². The van der Waals surface area contributed by atoms with Gasteiger partial charge in [-0.3, -0.25) is 0 Å². The third-order valence-corrected chi connectivity index (χ3v) is 2.46. The minimum absolute atomic E-state index is 0.173. The van der Waals surface area contributed by atoms with Crippen molar-refractivity contribution in [2.24, 2.45) is 0 Å². The van der Waals surface area contributed by atoms with Crippen molar-refractivity contribution in [1.29, 1.82) is 0 Å². The minimum atomic E-state index is 0.173. The summed E-state index contributed by atoms with van der Waals surface area (Å²) in [7, 11) is 0. The molecule has 1 nitrogen and oxygen atoms in total. The highest BCUT2D eigenvalue weighted by Gasteiger charge is 2.16. The molecule has 1 aromatic rings. The minimum Gasteiger partial charge on any atom is -0.399 e. The molecule has 0 saturated heterocycles. The zero-order valence-corrected chi connectivity index (χ0v) is 9.27. The van der Waals surface area contributed by atoms with Crippen LogP contribution in [0.3, 0.4) is 0 Å². The molecule has 2 heteroatoms. The van der Waals surface area contributed by atoms with E-state index < -0.39 is 0 Å². The van der Waals surface area contributed by atoms with Gasteiger partial charge in [0.15, 0.2) is 0 Å². The van der Waals surface area contributed by atoms with Gasteiger partial charge in [-0.25, -0.2) is 0 Å². The molecular weight excluding hydrogens is 214 g/mol. The van der Waals surface area contributed by atoms with Gasteiger partial charge >= 0.3 is 0 Å². The van der Waals surface area contributed by atoms with Gasteiger partial charge in [-0.05, 0) is 23.1 Å². The van der Waals surface area contributed by atoms with Crippen molar-refractivity contribution in [3.05, 3.63) is 28.2 Å². The Morgan fingerprint density at radius 3 is 2.25 bits per heavy atom. The number of halogens is 1. The largest absolute Gasteiger partial charge is 0.399 e. The quantitative estimate of drug-likeness (QED) is 0.677. The highest BCUT2D eigenvalue weighted by Crippen LogP contribution is 2.30. The average Bonchev–Trinajstić information content (AvgIpc) is 1.83. The van der Waals surface area contributed by atoms with Gasteiger partial charge < -0.3 is 5.73 Å². The van der Waals surface area contributed by atoms with Crippen LogP contribution in [0.15, 0.2) is 22.7 Å². The summed E-state index contributed by atoms with van der Waals surface area (Å²) in [5.74, 6) is 0. The molecule has 0 fully saturated rings. The monoisotopic (exact) mass is 227 g/mol. The molecule has 0 saturated carbocycles. The molecule has 0 atom stereocenters. The van der Waals surface area contributed by atoms with Crippen molar-refractivity contribution in [3.8, 4) is 0 Å². The molecule has 1 rings (SSSR count). The molecule has 0 radical (unpaired) electrons. The van der Waals surface area contributed by atoms with Gasteiger partial charge in [-0.15, -0.1) is 0 Å². The molecule has 1 aromatic carbocycles. The van der Waals surface area contributed by atoms with Crippen molar-refractivity contribution >= 4 is 21.6 Å². The number of nitrogen functional groups attached to an aromatic ring is 1. The maximum absolute atomic E-state index is 5.64. The Labute approximate surface area is 82.1 Å². The lowest BCUT2D eigenvalue weighted by molar-refractivity contribution is 0.587. The molecule has 0 bridgehead atoms. The van der Waals surface area contributed by atoms with E-state index in [9.17, 15) is 0 Å². The molecule has 0 aliphatic rings. The Hall–Kier alpha value is -0.500. The fourth-order valence-corrected chi connectivity index (χ4v) is 2.13. The number of rotatable bonds is 0. The Bertz CT molecular complexity index is 286. The molecule has 2 N–H and O–H groups in total. The smallest absolute Gasteiger partial charge is 0.0325 e. The van der Waals surface area contributed by atoms with E-state index in [4.69, 9.17) is 5.73 Å². The van der Waals surface area contributed by atoms with Crippen LogP contribution in [0.5, 0.6) is 0 Å². The van der Waals surface area contributed by atoms with Crippen molar-refractivity contribution in [2.75, 3.05) is 5.73 Å². The maximum Gasteiger partial charge on any atom is 0.0325 e. The van der Waals surface area contributed by atoms with Crippen LogP contribution in [-0.4, -0.2) is 0 Å². The van der Waals surface area contributed by atoms with Crippen LogP contribution in [0.4, 0.5) is 5.69 Å². The first-order valence-electron chi connectivity index (χ1n) is 3.97. The summed E-state index contributed by atoms with van der Waals surface area (Å²) < 4.78 is 1.09. The molecule has 0 spiro atoms. The summed E-state index contributed by atoms with van der Waals surface area (Å²) in [6.07, 6.45) is 0. The van der Waals surface area contributed by atoms with Gasteiger partial charge in [0.05, 0.1) is 0 Å². The lowest BCUT2D eigenvalue weighted by atomic mass is 9.87. The second-order valence-electron chi connectivity index (χ2n) is 3.99. The summed E-state index contributed by atoms with van der Waals surface area (Å²) in [5, 5.41) is 0. The van der Waals surface area contributed by atoms with Gasteiger partial charge in [0.1, 0.15) is 0 Å². The van der Waals surface area contributed by atoms with Gasteiger partial charge in [-0.1, -0.05) is 42.8 Å². The zero-order chi connectivity index (χ0) is 9.35. The summed E-state index contributed by atoms with van der Waals surface area (Å²) in [6, 6.07) is 5.95. The summed E-state index contributed by atoms with van der Waals surface area (Å²) in [4.78, 5) is 0. The zero-order valence-electron chi connectivity index (χ0n) is 7.69. The van der Waals surface area contributed by atoms with Crippen LogP contribution in [-0.2, 0) is 5.41 Å². The molecular formula is C10H14BrN. The Morgan fingerprint density at radius 1 is 1.25 bits per heavy atom. The number of hydrogen-bond acceptors (Lipinski definition) is 1. The van der Waals surface area contributed by atoms with E-state index in [0.717, 1.165) is 10.2 Å². The summed E-state index contributed by atoms with van der Waals surface area (Å²) in [6.45, 7) is 6.55. The van der Waals surface area contributed by atoms with E-state index >= 15 is 0 Å². The lowest BCUT2D eigenvalue weighted by Crippen LogP contribution is -2.11. The average molecular weight is 228 g/mol. The standard InChI is InChI=1S/C10H14BrN/c1-10(2,3)8-5-4-7(12)6-9(8)11/h4-6H,12H2,1-3H3. The normalized spacial score (nSPS) is 11.7. The Kier molecular flexibility index (Phi) is 2.47. The maximum atomic E-state index is 5.64. The van der Waals surface area contributed by atoms with Crippen molar-refractivity contribution in [1.82, 2.24) is 0 Å². The van der Waals surface area contributed by atoms with Crippen LogP contribution in [0.1, 0.15) is 26.3 Å². The molecule has 0 aliphatic carbocycles. The fourth-order valence-electron chi connectivity index (χ4n) is 1.14. The van der Waals surface area contributed by atoms with E-state index in [1.807, 2.05) is 12.1 Å². The lowest BCUT2D eigenvalue weighted by Gasteiger charge is -2.20. The van der Waals surface area contributed by atoms with Gasteiger partial charge in [0, 0.05) is 10.2 Å². The third kappa shape index (κ3) is 2.01. The second kappa shape index (κ2) is 3.09. The van der Waals surface area contributed by atoms with E-state index in [2.05, 4.69) is 42.8 Å². The molecule has 0 unspecified atom stereocenters. The van der Waals surface area contributed by atoms with Gasteiger partial charge in [-0.2, -0.15) is 0 Å². The summed E-state index contributed by atoms with van der Waals surface area (Å²) >= 11 is 3.50. The Morgan fingerprint density at radius 2 is 1.83 bits per heavy atom. The molecule has 66 valence electrons. The molecule has 0 aliphatic heterocycles. The topological polar surface area (TPSA) is 26.0 Å². The molecule has 0 amide bonds. The Balaban J connectivity index is 3.19. The number of hydrogen-bond donors (Lipinski definition) is 1. The number of benzene rings is 1. The SMILES string of the molecule is CC(C)(C)c1ccc(N)cc1Br. The van der Waals surface area contributed by atoms with Crippen molar-refractivity contribution < 1.29 is 0 Å². The first kappa shape index (κ1) is 9.59. The van der Waals surface area contributed by atoms with Crippen LogP contribution in [0.25, 0.3) is 0 Å². The van der Waals surface area contributed by atoms with Crippen molar-refractivity contribution in [2.45, 2.75) is 26.2 Å². The first-order valence-corrected chi connectivity index (χ1v) is 4.76. The fraction of sp³-hybridized carbons (Fsp3) is 0.400. The predicted octanol–water partition coefficient (Wildman–Crippen LogP) is 3.33. The number of anilines is 1. The van der Waals surface area contributed by atoms with Crippen molar-refractivity contribution in [3.63, 3.8) is 0 Å². The molecule has 0 aromatic heterocycles. The highest BCUT2D eigenvalue weighted by atomic mass is 79.9. The molecule has 12 heavy (non-hydrogen) atoms. The van der Waals surface area contributed by atoms with Crippen LogP contribution < -0.4 is 5.73 Å². The van der Waals surface area contributed by atoms with E-state index in [1.54, 1.807) is 0 Å². The molecule has 0 heterocycles. The van der Waals surface area contributed by atoms with Gasteiger partial charge in [0.2, 0.25) is 0 Å². The van der Waals surface area contributed by atoms with E-state index in [-0.39, 0.29) is 5.41 Å². The first-order chi connectivity index (χ1) is 5.41. The summed E-state index contributed by atoms with van der Waals surface area (Å²) in [5.41, 5.74) is 7.90. The predicted molar refractivity (Wildman–Crippen MR) is 57.3 cm³/mol. The van der Waals surface area contributed by atoms with E-state index in [1.165, 1.54) is 5.56 Å². The van der Waals surface area contributed by atoms with Crippen LogP contribution in [0.2, 0.25) is 0 Å². The number of nitrogens with two attached hydrogens (primary N) is 1. The third-order valence-electron chi connectivity index (χ3n) is 1.80. The van der Waals surface area contributed by atoms with Crippen LogP contribution in [0, 0.1) is 0 Å². The van der Waals surface area contributed by atoms with Gasteiger partial charge in [0.25, 0.3) is 0 Å².